The lowest BCUT2D eigenvalue weighted by Crippen LogP contribution is -2.70. The molecule has 0 aliphatic carbocycles. The molecule has 0 aromatic heterocycles. The average Bonchev–Trinajstić information content (AvgIpc) is 2.24. The van der Waals surface area contributed by atoms with Crippen LogP contribution in [0.15, 0.2) is 10.7 Å². The van der Waals surface area contributed by atoms with Gasteiger partial charge in [0, 0.05) is 12.7 Å². The number of hydrogen-bond donors (Lipinski definition) is 2. The third-order valence-corrected chi connectivity index (χ3v) is 4.23. The van der Waals surface area contributed by atoms with Gasteiger partial charge in [-0.1, -0.05) is 11.6 Å². The van der Waals surface area contributed by atoms with Crippen LogP contribution in [-0.2, 0) is 14.4 Å². The van der Waals surface area contributed by atoms with E-state index in [-0.39, 0.29) is 22.0 Å². The van der Waals surface area contributed by atoms with E-state index in [4.69, 9.17) is 16.7 Å². The third-order valence-electron chi connectivity index (χ3n) is 2.48. The van der Waals surface area contributed by atoms with E-state index in [2.05, 4.69) is 5.32 Å². The molecule has 2 rings (SSSR count). The van der Waals surface area contributed by atoms with Crippen molar-refractivity contribution in [3.05, 3.63) is 10.7 Å². The van der Waals surface area contributed by atoms with Crippen molar-refractivity contribution in [1.29, 1.82) is 0 Å². The Kier molecular flexibility index (Phi) is 3.05. The minimum Gasteiger partial charge on any atom is -0.477 e. The number of fused-ring (bicyclic) bond motifs is 1. The summed E-state index contributed by atoms with van der Waals surface area (Å²) in [7, 11) is 0. The minimum absolute atomic E-state index is 0.147. The summed E-state index contributed by atoms with van der Waals surface area (Å²) in [4.78, 5) is 34.8. The normalized spacial score (nSPS) is 27.4. The smallest absolute Gasteiger partial charge is 0.353 e. The van der Waals surface area contributed by atoms with Crippen LogP contribution in [0.25, 0.3) is 0 Å². The zero-order valence-corrected chi connectivity index (χ0v) is 10.3. The topological polar surface area (TPSA) is 86.7 Å². The molecule has 0 radical (unpaired) electrons. The fraction of sp³-hybridized carbons (Fsp3) is 0.444. The molecule has 17 heavy (non-hydrogen) atoms. The number of carbonyl (C=O) groups is 3. The summed E-state index contributed by atoms with van der Waals surface area (Å²) < 4.78 is 0. The van der Waals surface area contributed by atoms with Crippen LogP contribution in [0.5, 0.6) is 0 Å². The van der Waals surface area contributed by atoms with Crippen LogP contribution in [0.3, 0.4) is 0 Å². The van der Waals surface area contributed by atoms with Crippen molar-refractivity contribution in [2.24, 2.45) is 0 Å². The summed E-state index contributed by atoms with van der Waals surface area (Å²) in [6.07, 6.45) is 0. The van der Waals surface area contributed by atoms with Gasteiger partial charge in [0.05, 0.1) is 5.03 Å². The van der Waals surface area contributed by atoms with Gasteiger partial charge >= 0.3 is 5.97 Å². The van der Waals surface area contributed by atoms with Gasteiger partial charge in [0.1, 0.15) is 17.1 Å². The molecule has 6 nitrogen and oxygen atoms in total. The number of nitrogens with zero attached hydrogens (tertiary/aromatic N) is 1. The number of rotatable bonds is 2. The predicted molar refractivity (Wildman–Crippen MR) is 61.2 cm³/mol. The lowest BCUT2D eigenvalue weighted by molar-refractivity contribution is -0.150. The molecule has 2 aliphatic rings. The molecular weight excluding hydrogens is 268 g/mol. The molecule has 0 aromatic carbocycles. The highest BCUT2D eigenvalue weighted by molar-refractivity contribution is 8.00. The molecule has 1 fully saturated rings. The molecule has 2 heterocycles. The summed E-state index contributed by atoms with van der Waals surface area (Å²) >= 11 is 7.12. The first-order chi connectivity index (χ1) is 7.93. The van der Waals surface area contributed by atoms with Crippen LogP contribution in [0.4, 0.5) is 0 Å². The van der Waals surface area contributed by atoms with Crippen molar-refractivity contribution in [3.8, 4) is 0 Å². The van der Waals surface area contributed by atoms with Crippen LogP contribution in [0, 0.1) is 0 Å². The zero-order chi connectivity index (χ0) is 12.7. The van der Waals surface area contributed by atoms with E-state index in [0.29, 0.717) is 5.75 Å². The molecule has 8 heteroatoms. The van der Waals surface area contributed by atoms with Gasteiger partial charge in [0.15, 0.2) is 0 Å². The van der Waals surface area contributed by atoms with Crippen molar-refractivity contribution >= 4 is 41.1 Å². The number of carbonyl (C=O) groups excluding carboxylic acids is 2. The second kappa shape index (κ2) is 4.23. The molecule has 92 valence electrons. The Bertz CT molecular complexity index is 450. The first kappa shape index (κ1) is 12.3. The maximum absolute atomic E-state index is 11.7. The molecule has 0 aromatic rings. The summed E-state index contributed by atoms with van der Waals surface area (Å²) in [6, 6.07) is -0.656. The fourth-order valence-corrected chi connectivity index (χ4v) is 3.35. The Hall–Kier alpha value is -1.21. The molecule has 2 atom stereocenters. The van der Waals surface area contributed by atoms with Crippen molar-refractivity contribution in [3.63, 3.8) is 0 Å². The molecular formula is C9H9ClN2O4S. The number of carboxylic acid groups (broad SMARTS) is 1. The van der Waals surface area contributed by atoms with Crippen LogP contribution in [-0.4, -0.2) is 45.0 Å². The molecule has 0 spiro atoms. The van der Waals surface area contributed by atoms with Crippen LogP contribution < -0.4 is 5.32 Å². The first-order valence-corrected chi connectivity index (χ1v) is 6.20. The Morgan fingerprint density at radius 2 is 2.24 bits per heavy atom. The number of thioether (sulfide) groups is 1. The largest absolute Gasteiger partial charge is 0.477 e. The zero-order valence-electron chi connectivity index (χ0n) is 8.77. The molecule has 2 N–H and O–H groups in total. The quantitative estimate of drug-likeness (QED) is 0.690. The van der Waals surface area contributed by atoms with Gasteiger partial charge in [0.25, 0.3) is 5.91 Å². The highest BCUT2D eigenvalue weighted by Gasteiger charge is 2.53. The van der Waals surface area contributed by atoms with E-state index in [0.717, 1.165) is 4.90 Å². The SMILES string of the molecule is CC(=O)NC1C(=O)N2C(C(=O)O)=C(Cl)CS[C@@H]12. The maximum atomic E-state index is 11.7. The van der Waals surface area contributed by atoms with Crippen LogP contribution >= 0.6 is 23.4 Å². The maximum Gasteiger partial charge on any atom is 0.353 e. The number of nitrogens with one attached hydrogen (secondary N) is 1. The third kappa shape index (κ3) is 1.89. The number of hydrogen-bond acceptors (Lipinski definition) is 4. The summed E-state index contributed by atoms with van der Waals surface area (Å²) in [5, 5.41) is 11.2. The van der Waals surface area contributed by atoms with E-state index in [1.807, 2.05) is 0 Å². The van der Waals surface area contributed by atoms with Crippen molar-refractivity contribution in [2.45, 2.75) is 18.3 Å². The standard InChI is InChI=1S/C9H9ClN2O4S/c1-3(13)11-5-7(14)12-6(9(15)16)4(10)2-17-8(5)12/h5,8H,2H2,1H3,(H,11,13)(H,15,16)/t5?,8-/m0/s1. The van der Waals surface area contributed by atoms with Gasteiger partial charge in [-0.15, -0.1) is 11.8 Å². The molecule has 1 unspecified atom stereocenters. The molecule has 0 saturated carbocycles. The Morgan fingerprint density at radius 1 is 1.59 bits per heavy atom. The highest BCUT2D eigenvalue weighted by atomic mass is 35.5. The van der Waals surface area contributed by atoms with Crippen molar-refractivity contribution < 1.29 is 19.5 Å². The molecule has 2 aliphatic heterocycles. The van der Waals surface area contributed by atoms with Gasteiger partial charge in [-0.2, -0.15) is 0 Å². The second-order valence-corrected chi connectivity index (χ2v) is 5.21. The minimum atomic E-state index is -1.23. The highest BCUT2D eigenvalue weighted by Crippen LogP contribution is 2.41. The average molecular weight is 277 g/mol. The predicted octanol–water partition coefficient (Wildman–Crippen LogP) is -0.0588. The second-order valence-electron chi connectivity index (χ2n) is 3.65. The lowest BCUT2D eigenvalue weighted by atomic mass is 10.1. The lowest BCUT2D eigenvalue weighted by Gasteiger charge is -2.48. The van der Waals surface area contributed by atoms with Crippen molar-refractivity contribution in [1.82, 2.24) is 10.2 Å². The van der Waals surface area contributed by atoms with E-state index in [9.17, 15) is 14.4 Å². The number of amides is 2. The van der Waals surface area contributed by atoms with E-state index >= 15 is 0 Å². The molecule has 1 saturated heterocycles. The Morgan fingerprint density at radius 3 is 2.76 bits per heavy atom. The Balaban J connectivity index is 2.24. The van der Waals surface area contributed by atoms with E-state index in [1.54, 1.807) is 0 Å². The molecule has 0 bridgehead atoms. The summed E-state index contributed by atoms with van der Waals surface area (Å²) in [5.41, 5.74) is -0.179. The fourth-order valence-electron chi connectivity index (χ4n) is 1.80. The van der Waals surface area contributed by atoms with Gasteiger partial charge in [-0.05, 0) is 0 Å². The van der Waals surface area contributed by atoms with E-state index in [1.165, 1.54) is 18.7 Å². The summed E-state index contributed by atoms with van der Waals surface area (Å²) in [6.45, 7) is 1.31. The van der Waals surface area contributed by atoms with Gasteiger partial charge < -0.3 is 10.4 Å². The first-order valence-electron chi connectivity index (χ1n) is 4.77. The van der Waals surface area contributed by atoms with E-state index < -0.39 is 17.9 Å². The number of carboxylic acids is 1. The van der Waals surface area contributed by atoms with Gasteiger partial charge in [-0.25, -0.2) is 4.79 Å². The van der Waals surface area contributed by atoms with Crippen LogP contribution in [0.1, 0.15) is 6.92 Å². The Labute approximate surface area is 106 Å². The number of halogens is 1. The number of aliphatic carboxylic acids is 1. The monoisotopic (exact) mass is 276 g/mol. The van der Waals surface area contributed by atoms with Crippen LogP contribution in [0.2, 0.25) is 0 Å². The van der Waals surface area contributed by atoms with Gasteiger partial charge in [-0.3, -0.25) is 14.5 Å². The summed E-state index contributed by atoms with van der Waals surface area (Å²) in [5.74, 6) is -1.66. The van der Waals surface area contributed by atoms with Crippen molar-refractivity contribution in [2.75, 3.05) is 5.75 Å². The number of β-lactam (4-membered cyclic amide) rings is 1. The van der Waals surface area contributed by atoms with Gasteiger partial charge in [0.2, 0.25) is 5.91 Å². The molecule has 2 amide bonds.